The molecule has 21 heavy (non-hydrogen) atoms. The fourth-order valence-electron chi connectivity index (χ4n) is 2.18. The zero-order chi connectivity index (χ0) is 15.5. The van der Waals surface area contributed by atoms with Gasteiger partial charge in [0.25, 0.3) is 0 Å². The van der Waals surface area contributed by atoms with Crippen LogP contribution in [0.15, 0.2) is 64.0 Å². The van der Waals surface area contributed by atoms with Crippen molar-refractivity contribution in [1.29, 1.82) is 0 Å². The van der Waals surface area contributed by atoms with Gasteiger partial charge in [-0.15, -0.1) is 0 Å². The van der Waals surface area contributed by atoms with Crippen LogP contribution in [0.1, 0.15) is 19.4 Å². The molecule has 0 aliphatic rings. The first-order chi connectivity index (χ1) is 9.78. The lowest BCUT2D eigenvalue weighted by atomic mass is 9.96. The monoisotopic (exact) mass is 367 g/mol. The number of hydrogen-bond acceptors (Lipinski definition) is 2. The summed E-state index contributed by atoms with van der Waals surface area (Å²) in [6.07, 6.45) is 0.629. The van der Waals surface area contributed by atoms with Crippen molar-refractivity contribution in [2.45, 2.75) is 30.7 Å². The predicted octanol–water partition coefficient (Wildman–Crippen LogP) is 3.75. The average molecular weight is 368 g/mol. The van der Waals surface area contributed by atoms with E-state index in [-0.39, 0.29) is 4.90 Å². The van der Waals surface area contributed by atoms with E-state index in [0.29, 0.717) is 6.42 Å². The molecule has 0 saturated heterocycles. The van der Waals surface area contributed by atoms with Gasteiger partial charge in [-0.25, -0.2) is 13.1 Å². The van der Waals surface area contributed by atoms with Gasteiger partial charge in [-0.3, -0.25) is 0 Å². The Labute approximate surface area is 134 Å². The Morgan fingerprint density at radius 3 is 2.14 bits per heavy atom. The van der Waals surface area contributed by atoms with Crippen molar-refractivity contribution in [3.63, 3.8) is 0 Å². The number of sulfonamides is 1. The molecule has 2 aromatic carbocycles. The van der Waals surface area contributed by atoms with Crippen LogP contribution in [0.3, 0.4) is 0 Å². The van der Waals surface area contributed by atoms with E-state index in [0.717, 1.165) is 10.0 Å². The maximum Gasteiger partial charge on any atom is 0.241 e. The molecule has 0 atom stereocenters. The zero-order valence-electron chi connectivity index (χ0n) is 12.0. The summed E-state index contributed by atoms with van der Waals surface area (Å²) in [6, 6.07) is 16.5. The molecule has 0 amide bonds. The van der Waals surface area contributed by atoms with E-state index in [4.69, 9.17) is 0 Å². The second-order valence-electron chi connectivity index (χ2n) is 5.61. The van der Waals surface area contributed by atoms with Crippen LogP contribution >= 0.6 is 15.9 Å². The Bertz CT molecular complexity index is 695. The van der Waals surface area contributed by atoms with E-state index in [9.17, 15) is 8.42 Å². The molecule has 5 heteroatoms. The highest BCUT2D eigenvalue weighted by molar-refractivity contribution is 9.10. The van der Waals surface area contributed by atoms with Crippen LogP contribution in [0.5, 0.6) is 0 Å². The van der Waals surface area contributed by atoms with E-state index in [1.54, 1.807) is 24.3 Å². The van der Waals surface area contributed by atoms with Gasteiger partial charge in [0.05, 0.1) is 4.90 Å². The summed E-state index contributed by atoms with van der Waals surface area (Å²) in [7, 11) is -3.53. The molecule has 0 saturated carbocycles. The molecule has 112 valence electrons. The summed E-state index contributed by atoms with van der Waals surface area (Å²) in [5, 5.41) is 0. The van der Waals surface area contributed by atoms with Gasteiger partial charge in [0.1, 0.15) is 0 Å². The second-order valence-corrected chi connectivity index (χ2v) is 8.20. The normalized spacial score (nSPS) is 12.3. The minimum Gasteiger partial charge on any atom is -0.207 e. The SMILES string of the molecule is CC(C)(Cc1ccccc1)NS(=O)(=O)c1ccc(Br)cc1. The molecule has 1 N–H and O–H groups in total. The van der Waals surface area contributed by atoms with Crippen molar-refractivity contribution in [2.24, 2.45) is 0 Å². The molecule has 0 unspecified atom stereocenters. The highest BCUT2D eigenvalue weighted by atomic mass is 79.9. The van der Waals surface area contributed by atoms with Gasteiger partial charge in [-0.05, 0) is 50.1 Å². The lowest BCUT2D eigenvalue weighted by Crippen LogP contribution is -2.44. The van der Waals surface area contributed by atoms with E-state index in [1.807, 2.05) is 44.2 Å². The summed E-state index contributed by atoms with van der Waals surface area (Å²) in [5.41, 5.74) is 0.536. The molecule has 0 radical (unpaired) electrons. The molecule has 0 spiro atoms. The van der Waals surface area contributed by atoms with E-state index in [2.05, 4.69) is 20.7 Å². The number of rotatable bonds is 5. The lowest BCUT2D eigenvalue weighted by Gasteiger charge is -2.26. The molecule has 0 aliphatic heterocycles. The molecular formula is C16H18BrNO2S. The number of benzene rings is 2. The minimum atomic E-state index is -3.53. The van der Waals surface area contributed by atoms with Gasteiger partial charge in [-0.1, -0.05) is 46.3 Å². The predicted molar refractivity (Wildman–Crippen MR) is 88.7 cm³/mol. The summed E-state index contributed by atoms with van der Waals surface area (Å²) in [4.78, 5) is 0.270. The smallest absolute Gasteiger partial charge is 0.207 e. The highest BCUT2D eigenvalue weighted by Gasteiger charge is 2.26. The van der Waals surface area contributed by atoms with Crippen LogP contribution < -0.4 is 4.72 Å². The van der Waals surface area contributed by atoms with Crippen LogP contribution in [0.2, 0.25) is 0 Å². The van der Waals surface area contributed by atoms with E-state index in [1.165, 1.54) is 0 Å². The fourth-order valence-corrected chi connectivity index (χ4v) is 3.85. The van der Waals surface area contributed by atoms with Crippen molar-refractivity contribution in [2.75, 3.05) is 0 Å². The molecular weight excluding hydrogens is 350 g/mol. The molecule has 3 nitrogen and oxygen atoms in total. The maximum atomic E-state index is 12.4. The Morgan fingerprint density at radius 1 is 1.00 bits per heavy atom. The van der Waals surface area contributed by atoms with Crippen molar-refractivity contribution in [3.8, 4) is 0 Å². The quantitative estimate of drug-likeness (QED) is 0.874. The molecule has 0 aromatic heterocycles. The molecule has 2 rings (SSSR count). The third-order valence-corrected chi connectivity index (χ3v) is 5.27. The first-order valence-corrected chi connectivity index (χ1v) is 8.90. The van der Waals surface area contributed by atoms with Crippen LogP contribution in [0, 0.1) is 0 Å². The lowest BCUT2D eigenvalue weighted by molar-refractivity contribution is 0.450. The highest BCUT2D eigenvalue weighted by Crippen LogP contribution is 2.19. The minimum absolute atomic E-state index is 0.270. The Kier molecular flexibility index (Phi) is 4.86. The van der Waals surface area contributed by atoms with E-state index >= 15 is 0 Å². The second kappa shape index (κ2) is 6.30. The van der Waals surface area contributed by atoms with Gasteiger partial charge in [0, 0.05) is 10.0 Å². The largest absolute Gasteiger partial charge is 0.241 e. The number of halogens is 1. The van der Waals surface area contributed by atoms with Gasteiger partial charge in [0.2, 0.25) is 10.0 Å². The first-order valence-electron chi connectivity index (χ1n) is 6.62. The van der Waals surface area contributed by atoms with Gasteiger partial charge in [-0.2, -0.15) is 0 Å². The average Bonchev–Trinajstić information content (AvgIpc) is 2.38. The fraction of sp³-hybridized carbons (Fsp3) is 0.250. The van der Waals surface area contributed by atoms with Crippen molar-refractivity contribution < 1.29 is 8.42 Å². The summed E-state index contributed by atoms with van der Waals surface area (Å²) >= 11 is 3.30. The third-order valence-electron chi connectivity index (χ3n) is 3.02. The van der Waals surface area contributed by atoms with E-state index < -0.39 is 15.6 Å². The molecule has 2 aromatic rings. The van der Waals surface area contributed by atoms with Gasteiger partial charge >= 0.3 is 0 Å². The molecule has 0 fully saturated rings. The number of hydrogen-bond donors (Lipinski definition) is 1. The van der Waals surface area contributed by atoms with Gasteiger partial charge in [0.15, 0.2) is 0 Å². The van der Waals surface area contributed by atoms with Crippen LogP contribution in [-0.4, -0.2) is 14.0 Å². The topological polar surface area (TPSA) is 46.2 Å². The standard InChI is InChI=1S/C16H18BrNO2S/c1-16(2,12-13-6-4-3-5-7-13)18-21(19,20)15-10-8-14(17)9-11-15/h3-11,18H,12H2,1-2H3. The summed E-state index contributed by atoms with van der Waals surface area (Å²) in [6.45, 7) is 3.77. The summed E-state index contributed by atoms with van der Waals surface area (Å²) < 4.78 is 28.5. The Morgan fingerprint density at radius 2 is 1.57 bits per heavy atom. The maximum absolute atomic E-state index is 12.4. The zero-order valence-corrected chi connectivity index (χ0v) is 14.4. The van der Waals surface area contributed by atoms with Gasteiger partial charge < -0.3 is 0 Å². The molecule has 0 heterocycles. The van der Waals surface area contributed by atoms with Crippen molar-refractivity contribution in [3.05, 3.63) is 64.6 Å². The first kappa shape index (κ1) is 16.2. The third kappa shape index (κ3) is 4.66. The van der Waals surface area contributed by atoms with Crippen molar-refractivity contribution >= 4 is 26.0 Å². The molecule has 0 bridgehead atoms. The van der Waals surface area contributed by atoms with Crippen LogP contribution in [-0.2, 0) is 16.4 Å². The molecule has 0 aliphatic carbocycles. The van der Waals surface area contributed by atoms with Crippen LogP contribution in [0.4, 0.5) is 0 Å². The van der Waals surface area contributed by atoms with Crippen LogP contribution in [0.25, 0.3) is 0 Å². The summed E-state index contributed by atoms with van der Waals surface area (Å²) in [5.74, 6) is 0. The number of nitrogens with one attached hydrogen (secondary N) is 1. The Hall–Kier alpha value is -1.17. The Balaban J connectivity index is 2.17. The van der Waals surface area contributed by atoms with Crippen molar-refractivity contribution in [1.82, 2.24) is 4.72 Å².